The highest BCUT2D eigenvalue weighted by Gasteiger charge is 2.10. The largest absolute Gasteiger partial charge is 0.325 e. The van der Waals surface area contributed by atoms with Crippen molar-refractivity contribution >= 4 is 15.9 Å². The Morgan fingerprint density at radius 3 is 2.53 bits per heavy atom. The van der Waals surface area contributed by atoms with Crippen molar-refractivity contribution in [3.63, 3.8) is 0 Å². The molecule has 0 amide bonds. The highest BCUT2D eigenvalue weighted by atomic mass is 79.9. The van der Waals surface area contributed by atoms with Crippen LogP contribution < -0.4 is 5.73 Å². The summed E-state index contributed by atoms with van der Waals surface area (Å²) in [5, 5.41) is 7.15. The van der Waals surface area contributed by atoms with Gasteiger partial charge in [0, 0.05) is 12.1 Å². The number of aromatic nitrogens is 2. The fourth-order valence-electron chi connectivity index (χ4n) is 1.40. The van der Waals surface area contributed by atoms with E-state index in [-0.39, 0.29) is 0 Å². The van der Waals surface area contributed by atoms with Gasteiger partial charge in [-0.3, -0.25) is 5.10 Å². The second-order valence-corrected chi connectivity index (χ2v) is 4.23. The Hall–Kier alpha value is -1.13. The molecule has 15 heavy (non-hydrogen) atoms. The Balaban J connectivity index is 2.45. The van der Waals surface area contributed by atoms with Gasteiger partial charge >= 0.3 is 0 Å². The van der Waals surface area contributed by atoms with Crippen LogP contribution in [0, 0.1) is 6.92 Å². The average Bonchev–Trinajstić information content (AvgIpc) is 2.61. The van der Waals surface area contributed by atoms with E-state index in [0.29, 0.717) is 6.54 Å². The molecule has 0 aliphatic rings. The van der Waals surface area contributed by atoms with Crippen molar-refractivity contribution in [1.82, 2.24) is 10.2 Å². The lowest BCUT2D eigenvalue weighted by Gasteiger charge is -1.98. The number of H-pyrrole nitrogens is 1. The lowest BCUT2D eigenvalue weighted by atomic mass is 10.1. The number of nitrogens with zero attached hydrogens (tertiary/aromatic N) is 1. The minimum Gasteiger partial charge on any atom is -0.325 e. The maximum Gasteiger partial charge on any atom is 0.107 e. The number of nitrogens with one attached hydrogen (secondary N) is 1. The van der Waals surface area contributed by atoms with Crippen LogP contribution in [0.4, 0.5) is 0 Å². The zero-order chi connectivity index (χ0) is 10.8. The first kappa shape index (κ1) is 10.4. The molecule has 1 heterocycles. The molecular formula is C11H12BrN3. The summed E-state index contributed by atoms with van der Waals surface area (Å²) in [6.45, 7) is 2.52. The van der Waals surface area contributed by atoms with E-state index in [1.807, 2.05) is 0 Å². The van der Waals surface area contributed by atoms with Crippen molar-refractivity contribution in [2.75, 3.05) is 0 Å². The molecular weight excluding hydrogens is 254 g/mol. The van der Waals surface area contributed by atoms with E-state index in [0.717, 1.165) is 21.4 Å². The lowest BCUT2D eigenvalue weighted by molar-refractivity contribution is 0.945. The molecule has 1 aromatic heterocycles. The van der Waals surface area contributed by atoms with Gasteiger partial charge in [-0.25, -0.2) is 0 Å². The van der Waals surface area contributed by atoms with Crippen LogP contribution in [0.5, 0.6) is 0 Å². The molecule has 0 unspecified atom stereocenters. The molecule has 0 bridgehead atoms. The van der Waals surface area contributed by atoms with Gasteiger partial charge < -0.3 is 5.73 Å². The molecule has 4 heteroatoms. The molecule has 0 radical (unpaired) electrons. The molecule has 0 spiro atoms. The summed E-state index contributed by atoms with van der Waals surface area (Å²) < 4.78 is 0.953. The van der Waals surface area contributed by atoms with Crippen molar-refractivity contribution in [1.29, 1.82) is 0 Å². The predicted molar refractivity (Wildman–Crippen MR) is 64.4 cm³/mol. The quantitative estimate of drug-likeness (QED) is 0.877. The van der Waals surface area contributed by atoms with E-state index in [9.17, 15) is 0 Å². The lowest BCUT2D eigenvalue weighted by Crippen LogP contribution is -1.96. The van der Waals surface area contributed by atoms with Gasteiger partial charge in [-0.1, -0.05) is 29.8 Å². The van der Waals surface area contributed by atoms with E-state index >= 15 is 0 Å². The number of benzene rings is 1. The second-order valence-electron chi connectivity index (χ2n) is 3.43. The zero-order valence-corrected chi connectivity index (χ0v) is 10.0. The molecule has 1 aromatic carbocycles. The number of halogens is 1. The number of hydrogen-bond donors (Lipinski definition) is 2. The number of aromatic amines is 1. The molecule has 0 saturated carbocycles. The summed E-state index contributed by atoms with van der Waals surface area (Å²) in [5.41, 5.74) is 9.73. The Bertz CT molecular complexity index is 459. The van der Waals surface area contributed by atoms with Crippen molar-refractivity contribution in [3.05, 3.63) is 40.0 Å². The van der Waals surface area contributed by atoms with E-state index in [2.05, 4.69) is 57.3 Å². The Morgan fingerprint density at radius 2 is 2.00 bits per heavy atom. The van der Waals surface area contributed by atoms with Crippen LogP contribution in [-0.4, -0.2) is 10.2 Å². The molecule has 2 rings (SSSR count). The summed E-state index contributed by atoms with van der Waals surface area (Å²) in [5.74, 6) is 0. The SMILES string of the molecule is Cc1ccc(-c2n[nH]c(CN)c2Br)cc1. The predicted octanol–water partition coefficient (Wildman–Crippen LogP) is 2.61. The molecule has 0 atom stereocenters. The summed E-state index contributed by atoms with van der Waals surface area (Å²) >= 11 is 3.49. The fraction of sp³-hybridized carbons (Fsp3) is 0.182. The highest BCUT2D eigenvalue weighted by Crippen LogP contribution is 2.28. The van der Waals surface area contributed by atoms with E-state index in [4.69, 9.17) is 5.73 Å². The van der Waals surface area contributed by atoms with Crippen LogP contribution in [0.3, 0.4) is 0 Å². The molecule has 78 valence electrons. The summed E-state index contributed by atoms with van der Waals surface area (Å²) in [6, 6.07) is 8.24. The van der Waals surface area contributed by atoms with Crippen molar-refractivity contribution in [2.24, 2.45) is 5.73 Å². The summed E-state index contributed by atoms with van der Waals surface area (Å²) in [6.07, 6.45) is 0. The third-order valence-electron chi connectivity index (χ3n) is 2.30. The highest BCUT2D eigenvalue weighted by molar-refractivity contribution is 9.10. The maximum atomic E-state index is 5.56. The average molecular weight is 266 g/mol. The number of aryl methyl sites for hydroxylation is 1. The third kappa shape index (κ3) is 1.96. The molecule has 0 aliphatic carbocycles. The zero-order valence-electron chi connectivity index (χ0n) is 8.42. The summed E-state index contributed by atoms with van der Waals surface area (Å²) in [4.78, 5) is 0. The Labute approximate surface area is 96.8 Å². The first-order valence-electron chi connectivity index (χ1n) is 4.72. The summed E-state index contributed by atoms with van der Waals surface area (Å²) in [7, 11) is 0. The fourth-order valence-corrected chi connectivity index (χ4v) is 1.97. The monoisotopic (exact) mass is 265 g/mol. The van der Waals surface area contributed by atoms with Gasteiger partial charge in [-0.2, -0.15) is 5.10 Å². The van der Waals surface area contributed by atoms with Crippen molar-refractivity contribution in [2.45, 2.75) is 13.5 Å². The minimum absolute atomic E-state index is 0.458. The molecule has 0 aliphatic heterocycles. The topological polar surface area (TPSA) is 54.7 Å². The van der Waals surface area contributed by atoms with Gasteiger partial charge in [-0.05, 0) is 22.9 Å². The molecule has 0 saturated heterocycles. The van der Waals surface area contributed by atoms with Gasteiger partial charge in [0.15, 0.2) is 0 Å². The maximum absolute atomic E-state index is 5.56. The van der Waals surface area contributed by atoms with Crippen molar-refractivity contribution in [3.8, 4) is 11.3 Å². The number of rotatable bonds is 2. The van der Waals surface area contributed by atoms with Gasteiger partial charge in [0.1, 0.15) is 5.69 Å². The van der Waals surface area contributed by atoms with Crippen LogP contribution in [0.25, 0.3) is 11.3 Å². The molecule has 2 aromatic rings. The first-order valence-corrected chi connectivity index (χ1v) is 5.51. The molecule has 0 fully saturated rings. The van der Waals surface area contributed by atoms with E-state index in [1.54, 1.807) is 0 Å². The van der Waals surface area contributed by atoms with Crippen LogP contribution >= 0.6 is 15.9 Å². The molecule has 3 nitrogen and oxygen atoms in total. The van der Waals surface area contributed by atoms with E-state index < -0.39 is 0 Å². The first-order chi connectivity index (χ1) is 7.22. The second kappa shape index (κ2) is 4.16. The number of hydrogen-bond acceptors (Lipinski definition) is 2. The van der Waals surface area contributed by atoms with Gasteiger partial charge in [0.2, 0.25) is 0 Å². The number of nitrogens with two attached hydrogens (primary N) is 1. The van der Waals surface area contributed by atoms with Crippen LogP contribution in [0.2, 0.25) is 0 Å². The minimum atomic E-state index is 0.458. The smallest absolute Gasteiger partial charge is 0.107 e. The van der Waals surface area contributed by atoms with Crippen LogP contribution in [0.1, 0.15) is 11.3 Å². The van der Waals surface area contributed by atoms with Gasteiger partial charge in [0.05, 0.1) is 10.2 Å². The van der Waals surface area contributed by atoms with E-state index in [1.165, 1.54) is 5.56 Å². The van der Waals surface area contributed by atoms with Crippen LogP contribution in [-0.2, 0) is 6.54 Å². The normalized spacial score (nSPS) is 10.6. The third-order valence-corrected chi connectivity index (χ3v) is 3.16. The standard InChI is InChI=1S/C11H12BrN3/c1-7-2-4-8(5-3-7)11-10(12)9(6-13)14-15-11/h2-5H,6,13H2,1H3,(H,14,15). The molecule has 3 N–H and O–H groups in total. The van der Waals surface area contributed by atoms with Crippen molar-refractivity contribution < 1.29 is 0 Å². The van der Waals surface area contributed by atoms with Gasteiger partial charge in [-0.15, -0.1) is 0 Å². The Morgan fingerprint density at radius 1 is 1.33 bits per heavy atom. The van der Waals surface area contributed by atoms with Gasteiger partial charge in [0.25, 0.3) is 0 Å². The Kier molecular flexibility index (Phi) is 2.88. The van der Waals surface area contributed by atoms with Crippen LogP contribution in [0.15, 0.2) is 28.7 Å².